The molecule has 0 spiro atoms. The number of pyridine rings is 1. The van der Waals surface area contributed by atoms with Crippen LogP contribution in [0, 0.1) is 17.5 Å². The number of H-pyrrole nitrogens is 1. The Morgan fingerprint density at radius 3 is 1.97 bits per heavy atom. The monoisotopic (exact) mass is 807 g/mol. The predicted molar refractivity (Wildman–Crippen MR) is 213 cm³/mol. The lowest BCUT2D eigenvalue weighted by Gasteiger charge is -2.38. The second-order valence-corrected chi connectivity index (χ2v) is 15.4. The van der Waals surface area contributed by atoms with Crippen molar-refractivity contribution >= 4 is 28.5 Å². The van der Waals surface area contributed by atoms with E-state index in [1.165, 1.54) is 41.6 Å². The number of amides is 3. The van der Waals surface area contributed by atoms with E-state index in [9.17, 15) is 23.6 Å². The summed E-state index contributed by atoms with van der Waals surface area (Å²) >= 11 is 0. The van der Waals surface area contributed by atoms with Crippen LogP contribution in [0.15, 0.2) is 83.9 Å². The third kappa shape index (κ3) is 8.91. The van der Waals surface area contributed by atoms with Gasteiger partial charge in [-0.05, 0) is 84.8 Å². The summed E-state index contributed by atoms with van der Waals surface area (Å²) in [5.41, 5.74) is 1.33. The maximum Gasteiger partial charge on any atom is 0.272 e. The lowest BCUT2D eigenvalue weighted by atomic mass is 10.0. The minimum absolute atomic E-state index is 0.00464. The summed E-state index contributed by atoms with van der Waals surface area (Å²) in [6, 6.07) is 17.2. The number of aromatic nitrogens is 3. The number of piperazine rings is 1. The van der Waals surface area contributed by atoms with E-state index in [1.807, 2.05) is 12.1 Å². The maximum atomic E-state index is 15.0. The molecule has 15 heteroatoms. The largest absolute Gasteiger partial charge is 0.375 e. The van der Waals surface area contributed by atoms with Crippen molar-refractivity contribution in [2.75, 3.05) is 58.9 Å². The van der Waals surface area contributed by atoms with Gasteiger partial charge >= 0.3 is 0 Å². The van der Waals surface area contributed by atoms with Crippen molar-refractivity contribution < 1.29 is 32.3 Å². The molecule has 0 atom stereocenters. The second kappa shape index (κ2) is 17.5. The molecular formula is C44H44F3N7O5. The fourth-order valence-electron chi connectivity index (χ4n) is 8.28. The molecule has 3 aliphatic heterocycles. The fraction of sp³-hybridized carbons (Fsp3) is 0.364. The second-order valence-electron chi connectivity index (χ2n) is 15.4. The Morgan fingerprint density at radius 1 is 0.678 bits per heavy atom. The van der Waals surface area contributed by atoms with Gasteiger partial charge in [0.2, 0.25) is 5.91 Å². The van der Waals surface area contributed by atoms with Crippen molar-refractivity contribution in [1.82, 2.24) is 34.8 Å². The van der Waals surface area contributed by atoms with Crippen LogP contribution in [-0.4, -0.2) is 124 Å². The Hall–Kier alpha value is -5.93. The summed E-state index contributed by atoms with van der Waals surface area (Å²) in [5, 5.41) is 7.91. The minimum atomic E-state index is -0.898. The zero-order chi connectivity index (χ0) is 41.0. The molecule has 3 aromatic carbocycles. The highest BCUT2D eigenvalue weighted by molar-refractivity contribution is 5.96. The van der Waals surface area contributed by atoms with Crippen LogP contribution in [0.5, 0.6) is 0 Å². The Balaban J connectivity index is 0.765. The van der Waals surface area contributed by atoms with Gasteiger partial charge in [-0.1, -0.05) is 24.3 Å². The number of aromatic amines is 1. The van der Waals surface area contributed by atoms with E-state index in [0.29, 0.717) is 91.7 Å². The van der Waals surface area contributed by atoms with Crippen LogP contribution in [0.2, 0.25) is 0 Å². The van der Waals surface area contributed by atoms with Gasteiger partial charge in [0.1, 0.15) is 23.0 Å². The normalized spacial score (nSPS) is 17.1. The average Bonchev–Trinajstić information content (AvgIpc) is 3.26. The third-order valence-electron chi connectivity index (χ3n) is 11.6. The number of piperidine rings is 2. The molecule has 3 aliphatic rings. The van der Waals surface area contributed by atoms with Crippen molar-refractivity contribution in [1.29, 1.82) is 0 Å². The first-order valence-electron chi connectivity index (χ1n) is 20.0. The Kier molecular flexibility index (Phi) is 11.8. The van der Waals surface area contributed by atoms with E-state index in [1.54, 1.807) is 40.1 Å². The number of nitrogens with zero attached hydrogens (tertiary/aromatic N) is 6. The van der Waals surface area contributed by atoms with Crippen LogP contribution in [0.3, 0.4) is 0 Å². The minimum Gasteiger partial charge on any atom is -0.375 e. The van der Waals surface area contributed by atoms with Gasteiger partial charge in [-0.2, -0.15) is 5.10 Å². The van der Waals surface area contributed by atoms with E-state index in [4.69, 9.17) is 4.74 Å². The topological polar surface area (TPSA) is 132 Å². The van der Waals surface area contributed by atoms with Crippen molar-refractivity contribution in [3.63, 3.8) is 0 Å². The highest BCUT2D eigenvalue weighted by Gasteiger charge is 2.32. The predicted octanol–water partition coefficient (Wildman–Crippen LogP) is 5.06. The highest BCUT2D eigenvalue weighted by atomic mass is 19.1. The molecule has 3 amide bonds. The van der Waals surface area contributed by atoms with Gasteiger partial charge in [-0.3, -0.25) is 29.1 Å². The average molecular weight is 808 g/mol. The third-order valence-corrected chi connectivity index (χ3v) is 11.6. The molecule has 8 rings (SSSR count). The molecule has 59 heavy (non-hydrogen) atoms. The van der Waals surface area contributed by atoms with Crippen molar-refractivity contribution in [2.24, 2.45) is 0 Å². The Labute approximate surface area is 338 Å². The van der Waals surface area contributed by atoms with Gasteiger partial charge in [0.25, 0.3) is 17.4 Å². The van der Waals surface area contributed by atoms with E-state index >= 15 is 8.78 Å². The Bertz CT molecular complexity index is 2380. The summed E-state index contributed by atoms with van der Waals surface area (Å²) in [6.45, 7) is 3.52. The maximum absolute atomic E-state index is 15.0. The molecule has 5 heterocycles. The number of benzene rings is 3. The quantitative estimate of drug-likeness (QED) is 0.219. The highest BCUT2D eigenvalue weighted by Crippen LogP contribution is 2.28. The molecule has 3 saturated heterocycles. The van der Waals surface area contributed by atoms with Gasteiger partial charge in [0, 0.05) is 76.6 Å². The van der Waals surface area contributed by atoms with Gasteiger partial charge in [0.05, 0.1) is 35.4 Å². The summed E-state index contributed by atoms with van der Waals surface area (Å²) in [5.74, 6) is -3.56. The summed E-state index contributed by atoms with van der Waals surface area (Å²) in [4.78, 5) is 63.0. The number of likely N-dealkylation sites (tertiary alicyclic amines) is 2. The molecule has 12 nitrogen and oxygen atoms in total. The van der Waals surface area contributed by atoms with E-state index in [2.05, 4.69) is 20.1 Å². The number of fused-ring (bicyclic) bond motifs is 1. The molecule has 0 unspecified atom stereocenters. The number of nitrogens with one attached hydrogen (secondary N) is 1. The standard InChI is InChI=1S/C44H44F3N7O5/c45-36-6-5-28(24-39-33-3-1-2-4-34(33)42(56)50-49-39)23-35(36)43(57)54-21-19-52(20-22-54)40(55)27-51-15-9-31(10-16-51)59-32-11-17-53(18-12-32)44(58)41-37(46)25-30(26-38(41)47)29-7-13-48-14-8-29/h1-8,13-14,23,25-26,31-32H,9-12,15-22,24,27H2,(H,50,56). The van der Waals surface area contributed by atoms with Crippen molar-refractivity contribution in [3.8, 4) is 11.1 Å². The lowest BCUT2D eigenvalue weighted by Crippen LogP contribution is -2.53. The van der Waals surface area contributed by atoms with Gasteiger partial charge in [-0.25, -0.2) is 18.3 Å². The summed E-state index contributed by atoms with van der Waals surface area (Å²) in [7, 11) is 0. The van der Waals surface area contributed by atoms with Crippen LogP contribution in [0.1, 0.15) is 57.7 Å². The first-order chi connectivity index (χ1) is 28.6. The zero-order valence-corrected chi connectivity index (χ0v) is 32.4. The smallest absolute Gasteiger partial charge is 0.272 e. The van der Waals surface area contributed by atoms with E-state index in [0.717, 1.165) is 12.8 Å². The Morgan fingerprint density at radius 2 is 1.29 bits per heavy atom. The first-order valence-corrected chi connectivity index (χ1v) is 20.0. The molecule has 0 saturated carbocycles. The first kappa shape index (κ1) is 39.9. The van der Waals surface area contributed by atoms with Crippen LogP contribution < -0.4 is 5.56 Å². The van der Waals surface area contributed by atoms with Gasteiger partial charge in [-0.15, -0.1) is 0 Å². The number of carbonyl (C=O) groups excluding carboxylic acids is 3. The van der Waals surface area contributed by atoms with Gasteiger partial charge in [0.15, 0.2) is 0 Å². The molecule has 3 fully saturated rings. The molecule has 5 aromatic rings. The van der Waals surface area contributed by atoms with E-state index < -0.39 is 34.8 Å². The van der Waals surface area contributed by atoms with Crippen LogP contribution >= 0.6 is 0 Å². The summed E-state index contributed by atoms with van der Waals surface area (Å²) in [6.07, 6.45) is 5.89. The number of hydrogen-bond donors (Lipinski definition) is 1. The van der Waals surface area contributed by atoms with Crippen LogP contribution in [0.25, 0.3) is 21.9 Å². The van der Waals surface area contributed by atoms with Crippen molar-refractivity contribution in [3.05, 3.63) is 129 Å². The number of rotatable bonds is 9. The molecule has 0 bridgehead atoms. The number of hydrogen-bond acceptors (Lipinski definition) is 8. The molecule has 2 aromatic heterocycles. The fourth-order valence-corrected chi connectivity index (χ4v) is 8.28. The SMILES string of the molecule is O=C(CN1CCC(OC2CCN(C(=O)c3c(F)cc(-c4ccncc4)cc3F)CC2)CC1)N1CCN(C(=O)c2cc(Cc3n[nH]c(=O)c4ccccc34)ccc2F)CC1. The molecule has 0 aliphatic carbocycles. The zero-order valence-electron chi connectivity index (χ0n) is 32.4. The number of halogens is 3. The molecule has 306 valence electrons. The van der Waals surface area contributed by atoms with Crippen LogP contribution in [0.4, 0.5) is 13.2 Å². The van der Waals surface area contributed by atoms with Crippen molar-refractivity contribution in [2.45, 2.75) is 44.3 Å². The number of carbonyl (C=O) groups is 3. The van der Waals surface area contributed by atoms with E-state index in [-0.39, 0.29) is 48.9 Å². The van der Waals surface area contributed by atoms with Gasteiger partial charge < -0.3 is 19.4 Å². The molecule has 0 radical (unpaired) electrons. The summed E-state index contributed by atoms with van der Waals surface area (Å²) < 4.78 is 51.5. The molecular weight excluding hydrogens is 764 g/mol. The lowest BCUT2D eigenvalue weighted by molar-refractivity contribution is -0.135. The molecule has 1 N–H and O–H groups in total. The number of ether oxygens (including phenoxy) is 1. The van der Waals surface area contributed by atoms with Crippen LogP contribution in [-0.2, 0) is 16.0 Å².